The maximum absolute atomic E-state index is 14.4. The van der Waals surface area contributed by atoms with Crippen molar-refractivity contribution in [2.75, 3.05) is 6.61 Å². The molecular weight excluding hydrogens is 480 g/mol. The number of hydrogen-bond donors (Lipinski definition) is 2. The second-order valence-corrected chi connectivity index (χ2v) is 8.88. The minimum atomic E-state index is -4.51. The van der Waals surface area contributed by atoms with E-state index in [1.807, 2.05) is 31.2 Å². The Kier molecular flexibility index (Phi) is 8.22. The summed E-state index contributed by atoms with van der Waals surface area (Å²) in [5.74, 6) is -10.4. The van der Waals surface area contributed by atoms with E-state index in [0.717, 1.165) is 11.1 Å². The molecule has 0 saturated heterocycles. The van der Waals surface area contributed by atoms with Gasteiger partial charge in [0.1, 0.15) is 0 Å². The highest BCUT2D eigenvalue weighted by molar-refractivity contribution is 7.50. The zero-order valence-electron chi connectivity index (χ0n) is 17.9. The van der Waals surface area contributed by atoms with Gasteiger partial charge in [-0.3, -0.25) is 4.52 Å². The summed E-state index contributed by atoms with van der Waals surface area (Å²) >= 11 is 0. The van der Waals surface area contributed by atoms with E-state index in [1.165, 1.54) is 24.3 Å². The van der Waals surface area contributed by atoms with Crippen LogP contribution in [0.5, 0.6) is 0 Å². The fraction of sp³-hybridized carbons (Fsp3) is 0.217. The molecule has 0 aliphatic rings. The van der Waals surface area contributed by atoms with Crippen molar-refractivity contribution in [3.63, 3.8) is 0 Å². The number of rotatable bonds is 9. The molecule has 0 bridgehead atoms. The Hall–Kier alpha value is -2.62. The lowest BCUT2D eigenvalue weighted by Gasteiger charge is -2.21. The normalized spacial score (nSPS) is 14.1. The SMILES string of the molecule is Cc1ccccc1COC[C@@H](Cc1ccccc1-c1c(F)c(F)c(F)c(F)c1F)OP(N)(=O)O. The second kappa shape index (κ2) is 10.8. The number of benzene rings is 3. The summed E-state index contributed by atoms with van der Waals surface area (Å²) in [6, 6.07) is 12.7. The summed E-state index contributed by atoms with van der Waals surface area (Å²) < 4.78 is 92.2. The lowest BCUT2D eigenvalue weighted by Crippen LogP contribution is -2.23. The minimum absolute atomic E-state index is 0.0867. The highest BCUT2D eigenvalue weighted by Gasteiger charge is 2.29. The maximum atomic E-state index is 14.4. The van der Waals surface area contributed by atoms with Crippen molar-refractivity contribution >= 4 is 7.75 Å². The first-order valence-electron chi connectivity index (χ1n) is 10.0. The first-order valence-corrected chi connectivity index (χ1v) is 11.7. The van der Waals surface area contributed by atoms with Crippen molar-refractivity contribution in [3.8, 4) is 11.1 Å². The summed E-state index contributed by atoms with van der Waals surface area (Å²) in [5, 5.41) is 0. The predicted molar refractivity (Wildman–Crippen MR) is 115 cm³/mol. The van der Waals surface area contributed by atoms with E-state index < -0.39 is 48.5 Å². The van der Waals surface area contributed by atoms with Crippen molar-refractivity contribution in [3.05, 3.63) is 94.3 Å². The number of ether oxygens (including phenoxy) is 1. The van der Waals surface area contributed by atoms with E-state index in [9.17, 15) is 31.4 Å². The predicted octanol–water partition coefficient (Wildman–Crippen LogP) is 5.56. The van der Waals surface area contributed by atoms with Crippen LogP contribution in [-0.4, -0.2) is 17.6 Å². The Morgan fingerprint density at radius 1 is 0.882 bits per heavy atom. The average Bonchev–Trinajstić information content (AvgIpc) is 2.78. The monoisotopic (exact) mass is 501 g/mol. The molecule has 0 heterocycles. The Bertz CT molecular complexity index is 1200. The summed E-state index contributed by atoms with van der Waals surface area (Å²) in [4.78, 5) is 9.50. The smallest absolute Gasteiger partial charge is 0.374 e. The van der Waals surface area contributed by atoms with Gasteiger partial charge in [-0.05, 0) is 29.2 Å². The van der Waals surface area contributed by atoms with Gasteiger partial charge in [-0.2, -0.15) is 0 Å². The third-order valence-corrected chi connectivity index (χ3v) is 5.67. The Morgan fingerprint density at radius 3 is 2.00 bits per heavy atom. The van der Waals surface area contributed by atoms with Crippen LogP contribution in [-0.2, 0) is 26.9 Å². The van der Waals surface area contributed by atoms with Crippen LogP contribution in [0.15, 0.2) is 48.5 Å². The van der Waals surface area contributed by atoms with Crippen molar-refractivity contribution in [1.29, 1.82) is 0 Å². The van der Waals surface area contributed by atoms with Gasteiger partial charge in [0.25, 0.3) is 0 Å². The number of nitrogens with two attached hydrogens (primary N) is 1. The Balaban J connectivity index is 1.91. The third kappa shape index (κ3) is 6.08. The van der Waals surface area contributed by atoms with Crippen LogP contribution in [0.1, 0.15) is 16.7 Å². The van der Waals surface area contributed by atoms with Crippen LogP contribution < -0.4 is 5.50 Å². The van der Waals surface area contributed by atoms with Gasteiger partial charge in [0.2, 0.25) is 5.82 Å². The average molecular weight is 501 g/mol. The van der Waals surface area contributed by atoms with Gasteiger partial charge in [-0.1, -0.05) is 48.5 Å². The zero-order chi connectivity index (χ0) is 25.0. The quantitative estimate of drug-likeness (QED) is 0.174. The number of hydrogen-bond acceptors (Lipinski definition) is 3. The first kappa shape index (κ1) is 26.0. The van der Waals surface area contributed by atoms with Gasteiger partial charge < -0.3 is 9.63 Å². The fourth-order valence-electron chi connectivity index (χ4n) is 3.44. The molecule has 2 atom stereocenters. The molecule has 0 amide bonds. The van der Waals surface area contributed by atoms with E-state index >= 15 is 0 Å². The summed E-state index contributed by atoms with van der Waals surface area (Å²) in [6.45, 7) is 1.75. The van der Waals surface area contributed by atoms with Crippen LogP contribution >= 0.6 is 7.75 Å². The van der Waals surface area contributed by atoms with Crippen LogP contribution in [0.2, 0.25) is 0 Å². The van der Waals surface area contributed by atoms with Gasteiger partial charge in [0, 0.05) is 6.42 Å². The summed E-state index contributed by atoms with van der Waals surface area (Å²) in [6.07, 6.45) is -1.45. The molecule has 0 saturated carbocycles. The molecule has 0 aromatic heterocycles. The molecule has 0 fully saturated rings. The zero-order valence-corrected chi connectivity index (χ0v) is 18.8. The van der Waals surface area contributed by atoms with Crippen molar-refractivity contribution in [2.24, 2.45) is 5.50 Å². The van der Waals surface area contributed by atoms with Gasteiger partial charge in [0.05, 0.1) is 24.9 Å². The van der Waals surface area contributed by atoms with Crippen LogP contribution in [0.25, 0.3) is 11.1 Å². The molecule has 3 aromatic rings. The highest BCUT2D eigenvalue weighted by atomic mass is 31.2. The van der Waals surface area contributed by atoms with Crippen LogP contribution in [0.3, 0.4) is 0 Å². The molecular formula is C23H21F5NO4P. The van der Waals surface area contributed by atoms with E-state index in [-0.39, 0.29) is 30.8 Å². The molecule has 5 nitrogen and oxygen atoms in total. The second-order valence-electron chi connectivity index (χ2n) is 7.54. The lowest BCUT2D eigenvalue weighted by atomic mass is 9.95. The fourth-order valence-corrected chi connectivity index (χ4v) is 4.00. The van der Waals surface area contributed by atoms with Gasteiger partial charge in [0.15, 0.2) is 23.3 Å². The number of aryl methyl sites for hydroxylation is 1. The lowest BCUT2D eigenvalue weighted by molar-refractivity contribution is 0.0359. The van der Waals surface area contributed by atoms with Crippen LogP contribution in [0.4, 0.5) is 22.0 Å². The molecule has 3 aromatic carbocycles. The van der Waals surface area contributed by atoms with E-state index in [1.54, 1.807) is 0 Å². The molecule has 182 valence electrons. The minimum Gasteiger partial charge on any atom is -0.374 e. The Morgan fingerprint density at radius 2 is 1.41 bits per heavy atom. The molecule has 1 unspecified atom stereocenters. The molecule has 0 spiro atoms. The van der Waals surface area contributed by atoms with E-state index in [2.05, 4.69) is 0 Å². The van der Waals surface area contributed by atoms with Crippen molar-refractivity contribution in [1.82, 2.24) is 0 Å². The maximum Gasteiger partial charge on any atom is 0.400 e. The number of halogens is 5. The van der Waals surface area contributed by atoms with Crippen molar-refractivity contribution < 1.29 is 40.7 Å². The van der Waals surface area contributed by atoms with Crippen molar-refractivity contribution in [2.45, 2.75) is 26.1 Å². The molecule has 11 heteroatoms. The largest absolute Gasteiger partial charge is 0.400 e. The van der Waals surface area contributed by atoms with Gasteiger partial charge in [-0.15, -0.1) is 0 Å². The molecule has 3 rings (SSSR count). The summed E-state index contributed by atoms with van der Waals surface area (Å²) in [5.41, 5.74) is 5.59. The molecule has 3 N–H and O–H groups in total. The third-order valence-electron chi connectivity index (χ3n) is 5.07. The van der Waals surface area contributed by atoms with E-state index in [4.69, 9.17) is 14.8 Å². The molecule has 0 radical (unpaired) electrons. The Labute approximate surface area is 192 Å². The molecule has 0 aliphatic heterocycles. The van der Waals surface area contributed by atoms with E-state index in [0.29, 0.717) is 0 Å². The molecule has 0 aliphatic carbocycles. The van der Waals surface area contributed by atoms with Crippen LogP contribution in [0, 0.1) is 36.0 Å². The topological polar surface area (TPSA) is 81.8 Å². The molecule has 34 heavy (non-hydrogen) atoms. The van der Waals surface area contributed by atoms with Gasteiger partial charge >= 0.3 is 7.75 Å². The van der Waals surface area contributed by atoms with Gasteiger partial charge in [-0.25, -0.2) is 32.0 Å². The summed E-state index contributed by atoms with van der Waals surface area (Å²) in [7, 11) is -4.51. The standard InChI is InChI=1S/C23H21F5NO4P/c1-13-6-2-3-8-15(13)11-32-12-16(33-34(29,30)31)10-14-7-4-5-9-17(14)18-19(24)21(26)23(28)22(27)20(18)25/h2-9,16H,10-12H2,1H3,(H3,29,30,31)/t16-/m1/s1. The first-order chi connectivity index (χ1) is 16.0. The highest BCUT2D eigenvalue weighted by Crippen LogP contribution is 2.37.